The third kappa shape index (κ3) is 18.7. The van der Waals surface area contributed by atoms with E-state index in [0.717, 1.165) is 57.8 Å². The molecule has 476 valence electrons. The molecule has 0 aliphatic carbocycles. The standard InChI is InChI=1S/C30H40N4O4S.C25H31N3O3S.C11H21NO3.CH4/c1-5-30(4,31)29(38)32-23(14-19(2)3)25(35)16-22-15-21-8-6-9-24(33-12-7-10-26(33)36)27(21)34(28(22)37)17-20-11-13-39-18-20;1-16(2)11-20(26)22(29)13-19-12-18-5-3-6-21(27-9-4-7-23(27)30)24(18)28(25(19)31)14-17-8-10-32-15-17;1-7-11(6,8(2)13)12-9(14)15-10(3,4)5;/h6,8-9,11,13,18-19,22-23H,5,7,10,12,14-17,31H2,1-4H3,(H,32,38);3,5-6,8,10,15-16,19-20H,4,7,9,11-14,26H2,1-2H3;7H2,1-6H3,(H,12,14);1H4/t22?,23-,30-;19?,20-;11-;/m110./s1. The first kappa shape index (κ1) is 71.1. The van der Waals surface area contributed by atoms with Crippen LogP contribution in [0.5, 0.6) is 0 Å². The van der Waals surface area contributed by atoms with Crippen molar-refractivity contribution in [2.45, 2.75) is 209 Å². The first-order chi connectivity index (χ1) is 40.5. The van der Waals surface area contributed by atoms with Crippen LogP contribution in [0.3, 0.4) is 0 Å². The number of hydrogen-bond acceptors (Lipinski definition) is 14. The summed E-state index contributed by atoms with van der Waals surface area (Å²) in [6, 6.07) is 14.5. The number of nitrogens with two attached hydrogens (primary N) is 2. The highest BCUT2D eigenvalue weighted by Crippen LogP contribution is 2.44. The van der Waals surface area contributed by atoms with Gasteiger partial charge in [0.05, 0.1) is 59.0 Å². The summed E-state index contributed by atoms with van der Waals surface area (Å²) in [6.45, 7) is 24.0. The zero-order valence-electron chi connectivity index (χ0n) is 52.5. The van der Waals surface area contributed by atoms with Gasteiger partial charge in [0.15, 0.2) is 11.6 Å². The smallest absolute Gasteiger partial charge is 0.408 e. The Morgan fingerprint density at radius 1 is 0.678 bits per heavy atom. The molecule has 2 saturated heterocycles. The van der Waals surface area contributed by atoms with Crippen LogP contribution in [0.25, 0.3) is 0 Å². The number of ether oxygens (including phenoxy) is 1. The highest BCUT2D eigenvalue weighted by molar-refractivity contribution is 7.08. The maximum absolute atomic E-state index is 14.0. The van der Waals surface area contributed by atoms with Crippen molar-refractivity contribution >= 4 is 98.4 Å². The average molecular weight is 1240 g/mol. The third-order valence-electron chi connectivity index (χ3n) is 16.4. The number of nitrogens with zero attached hydrogens (tertiary/aromatic N) is 4. The van der Waals surface area contributed by atoms with Gasteiger partial charge in [0.1, 0.15) is 11.4 Å². The molecule has 18 nitrogen and oxygen atoms in total. The maximum Gasteiger partial charge on any atom is 0.408 e. The van der Waals surface area contributed by atoms with Crippen molar-refractivity contribution in [1.29, 1.82) is 0 Å². The zero-order chi connectivity index (χ0) is 63.4. The lowest BCUT2D eigenvalue weighted by atomic mass is 9.84. The SMILES string of the molecule is C.CC(C)C[C@@H](N)C(=O)CC1Cc2cccc(N3CCCC3=O)c2N(Cc2ccsc2)C1=O.CC[C@@](C)(N)C(=O)N[C@H](CC(C)C)C(=O)CC1Cc2cccc(N3CCCC3=O)c2N(Cc2ccsc2)C1=O.CC[C@](C)(NC(=O)OC(C)(C)C)C(C)=O. The van der Waals surface area contributed by atoms with Crippen LogP contribution in [-0.2, 0) is 69.0 Å². The minimum atomic E-state index is -1.07. The number of ketones is 3. The summed E-state index contributed by atoms with van der Waals surface area (Å²) < 4.78 is 5.08. The van der Waals surface area contributed by atoms with E-state index >= 15 is 0 Å². The van der Waals surface area contributed by atoms with E-state index in [-0.39, 0.29) is 73.1 Å². The van der Waals surface area contributed by atoms with Crippen molar-refractivity contribution in [2.24, 2.45) is 35.1 Å². The van der Waals surface area contributed by atoms with Gasteiger partial charge in [-0.2, -0.15) is 22.7 Å². The number of anilines is 4. The van der Waals surface area contributed by atoms with Gasteiger partial charge in [-0.25, -0.2) is 4.79 Å². The van der Waals surface area contributed by atoms with Crippen molar-refractivity contribution in [3.8, 4) is 0 Å². The molecule has 6 N–H and O–H groups in total. The second-order valence-corrected chi connectivity index (χ2v) is 27.2. The first-order valence-electron chi connectivity index (χ1n) is 30.4. The van der Waals surface area contributed by atoms with Crippen LogP contribution in [0, 0.1) is 23.7 Å². The molecule has 20 heteroatoms. The van der Waals surface area contributed by atoms with Gasteiger partial charge in [-0.15, -0.1) is 0 Å². The summed E-state index contributed by atoms with van der Waals surface area (Å²) in [5.41, 5.74) is 17.0. The fraction of sp³-hybridized carbons (Fsp3) is 0.567. The lowest BCUT2D eigenvalue weighted by Crippen LogP contribution is -2.56. The van der Waals surface area contributed by atoms with E-state index in [1.54, 1.807) is 76.9 Å². The largest absolute Gasteiger partial charge is 0.444 e. The topological polar surface area (TPSA) is 252 Å². The molecule has 6 heterocycles. The molecule has 2 unspecified atom stereocenters. The molecule has 2 fully saturated rings. The van der Waals surface area contributed by atoms with Gasteiger partial charge in [0.25, 0.3) is 0 Å². The number of Topliss-reactive ketones (excluding diaryl/α,β-unsaturated/α-hetero) is 3. The highest BCUT2D eigenvalue weighted by Gasteiger charge is 2.42. The molecule has 4 aromatic rings. The lowest BCUT2D eigenvalue weighted by Gasteiger charge is -2.37. The molecule has 8 rings (SSSR count). The van der Waals surface area contributed by atoms with Gasteiger partial charge in [-0.05, 0) is 173 Å². The van der Waals surface area contributed by atoms with E-state index in [1.807, 2.05) is 112 Å². The molecular formula is C67H96N8O10S2. The molecule has 0 radical (unpaired) electrons. The van der Waals surface area contributed by atoms with Crippen LogP contribution in [-0.4, -0.2) is 94.8 Å². The first-order valence-corrected chi connectivity index (χ1v) is 32.3. The fourth-order valence-corrected chi connectivity index (χ4v) is 12.4. The monoisotopic (exact) mass is 1240 g/mol. The molecule has 4 aliphatic heterocycles. The fourth-order valence-electron chi connectivity index (χ4n) is 11.1. The van der Waals surface area contributed by atoms with E-state index in [9.17, 15) is 43.2 Å². The molecule has 0 bridgehead atoms. The number of nitrogens with one attached hydrogen (secondary N) is 2. The number of alkyl carbamates (subject to hydrolysis) is 1. The third-order valence-corrected chi connectivity index (χ3v) is 17.9. The zero-order valence-corrected chi connectivity index (χ0v) is 54.2. The number of carbonyl (C=O) groups is 9. The minimum Gasteiger partial charge on any atom is -0.444 e. The molecule has 4 aliphatic rings. The van der Waals surface area contributed by atoms with E-state index in [1.165, 1.54) is 6.92 Å². The van der Waals surface area contributed by atoms with Gasteiger partial charge in [-0.1, -0.05) is 73.2 Å². The van der Waals surface area contributed by atoms with Crippen LogP contribution in [0.15, 0.2) is 70.1 Å². The Morgan fingerprint density at radius 2 is 1.14 bits per heavy atom. The quantitative estimate of drug-likeness (QED) is 0.0573. The molecule has 87 heavy (non-hydrogen) atoms. The van der Waals surface area contributed by atoms with Crippen LogP contribution in [0.4, 0.5) is 27.5 Å². The van der Waals surface area contributed by atoms with Crippen molar-refractivity contribution in [2.75, 3.05) is 32.7 Å². The number of para-hydroxylation sites is 2. The second kappa shape index (κ2) is 31.0. The number of thiophene rings is 2. The number of fused-ring (bicyclic) bond motifs is 2. The Bertz CT molecular complexity index is 3060. The maximum atomic E-state index is 14.0. The van der Waals surface area contributed by atoms with Gasteiger partial charge in [-0.3, -0.25) is 38.4 Å². The summed E-state index contributed by atoms with van der Waals surface area (Å²) in [5, 5.41) is 13.5. The Morgan fingerprint density at radius 3 is 1.51 bits per heavy atom. The van der Waals surface area contributed by atoms with Crippen molar-refractivity contribution in [1.82, 2.24) is 10.6 Å². The van der Waals surface area contributed by atoms with Crippen LogP contribution in [0.2, 0.25) is 0 Å². The van der Waals surface area contributed by atoms with Crippen LogP contribution >= 0.6 is 22.7 Å². The normalized spacial score (nSPS) is 18.7. The Kier molecular flexibility index (Phi) is 25.4. The van der Waals surface area contributed by atoms with E-state index in [2.05, 4.69) is 10.6 Å². The number of rotatable bonds is 22. The van der Waals surface area contributed by atoms with Crippen molar-refractivity contribution in [3.05, 3.63) is 92.3 Å². The molecular weight excluding hydrogens is 1140 g/mol. The predicted molar refractivity (Wildman–Crippen MR) is 348 cm³/mol. The molecule has 0 spiro atoms. The molecule has 2 aromatic heterocycles. The van der Waals surface area contributed by atoms with Crippen molar-refractivity contribution < 1.29 is 47.9 Å². The average Bonchev–Trinajstić information content (AvgIpc) is 2.33. The summed E-state index contributed by atoms with van der Waals surface area (Å²) >= 11 is 3.15. The van der Waals surface area contributed by atoms with Crippen LogP contribution < -0.4 is 41.7 Å². The van der Waals surface area contributed by atoms with Gasteiger partial charge in [0, 0.05) is 50.6 Å². The Hall–Kier alpha value is -6.61. The van der Waals surface area contributed by atoms with Crippen LogP contribution in [0.1, 0.15) is 177 Å². The summed E-state index contributed by atoms with van der Waals surface area (Å²) in [5.74, 6) is -1.18. The summed E-state index contributed by atoms with van der Waals surface area (Å²) in [7, 11) is 0. The number of carbonyl (C=O) groups excluding carboxylic acids is 9. The second-order valence-electron chi connectivity index (χ2n) is 25.7. The number of benzene rings is 2. The van der Waals surface area contributed by atoms with Gasteiger partial charge >= 0.3 is 6.09 Å². The van der Waals surface area contributed by atoms with E-state index < -0.39 is 46.7 Å². The molecule has 6 atom stereocenters. The molecule has 0 saturated carbocycles. The minimum absolute atomic E-state index is 0. The molecule has 2 aromatic carbocycles. The highest BCUT2D eigenvalue weighted by atomic mass is 32.1. The van der Waals surface area contributed by atoms with Gasteiger partial charge < -0.3 is 46.4 Å². The van der Waals surface area contributed by atoms with Gasteiger partial charge in [0.2, 0.25) is 29.5 Å². The Labute approximate surface area is 523 Å². The lowest BCUT2D eigenvalue weighted by molar-refractivity contribution is -0.133. The van der Waals surface area contributed by atoms with E-state index in [4.69, 9.17) is 16.2 Å². The number of hydrogen-bond donors (Lipinski definition) is 4. The van der Waals surface area contributed by atoms with E-state index in [0.29, 0.717) is 83.5 Å². The van der Waals surface area contributed by atoms with Crippen molar-refractivity contribution in [3.63, 3.8) is 0 Å². The predicted octanol–water partition coefficient (Wildman–Crippen LogP) is 11.0. The molecule has 6 amide bonds. The summed E-state index contributed by atoms with van der Waals surface area (Å²) in [6.07, 6.45) is 5.25. The summed E-state index contributed by atoms with van der Waals surface area (Å²) in [4.78, 5) is 122. The Balaban J connectivity index is 0.000000259. The number of amides is 6.